The average Bonchev–Trinajstić information content (AvgIpc) is 2.43. The molecule has 0 aromatic heterocycles. The zero-order chi connectivity index (χ0) is 14.8. The van der Waals surface area contributed by atoms with Gasteiger partial charge in [0, 0.05) is 24.2 Å². The van der Waals surface area contributed by atoms with Crippen LogP contribution in [0.1, 0.15) is 25.3 Å². The van der Waals surface area contributed by atoms with Crippen molar-refractivity contribution >= 4 is 21.6 Å². The lowest BCUT2D eigenvalue weighted by molar-refractivity contribution is 0.274. The van der Waals surface area contributed by atoms with Gasteiger partial charge in [0.1, 0.15) is 0 Å². The average molecular weight is 317 g/mol. The van der Waals surface area contributed by atoms with Gasteiger partial charge in [0.15, 0.2) is 0 Å². The molecule has 1 unspecified atom stereocenters. The zero-order valence-corrected chi connectivity index (χ0v) is 13.5. The Morgan fingerprint density at radius 3 is 2.80 bits per heavy atom. The van der Waals surface area contributed by atoms with Crippen molar-refractivity contribution in [1.82, 2.24) is 9.62 Å². The molecular weight excluding hydrogens is 296 g/mol. The molecule has 4 nitrogen and oxygen atoms in total. The molecule has 1 aromatic carbocycles. The summed E-state index contributed by atoms with van der Waals surface area (Å²) < 4.78 is 27.3. The van der Waals surface area contributed by atoms with Crippen molar-refractivity contribution in [3.8, 4) is 0 Å². The molecule has 0 bridgehead atoms. The highest BCUT2D eigenvalue weighted by molar-refractivity contribution is 7.89. The van der Waals surface area contributed by atoms with Crippen molar-refractivity contribution in [1.29, 1.82) is 0 Å². The third-order valence-electron chi connectivity index (χ3n) is 3.79. The fourth-order valence-electron chi connectivity index (χ4n) is 2.70. The van der Waals surface area contributed by atoms with Crippen LogP contribution < -0.4 is 5.32 Å². The van der Waals surface area contributed by atoms with E-state index in [9.17, 15) is 8.42 Å². The van der Waals surface area contributed by atoms with Crippen LogP contribution in [0, 0.1) is 6.92 Å². The third kappa shape index (κ3) is 3.01. The van der Waals surface area contributed by atoms with Gasteiger partial charge < -0.3 is 5.32 Å². The second kappa shape index (κ2) is 6.43. The first kappa shape index (κ1) is 15.8. The minimum atomic E-state index is -3.50. The van der Waals surface area contributed by atoms with Gasteiger partial charge in [-0.15, -0.1) is 0 Å². The number of sulfonamides is 1. The van der Waals surface area contributed by atoms with Crippen molar-refractivity contribution in [2.24, 2.45) is 0 Å². The molecule has 6 heteroatoms. The summed E-state index contributed by atoms with van der Waals surface area (Å²) in [4.78, 5) is 0.317. The van der Waals surface area contributed by atoms with Gasteiger partial charge in [-0.3, -0.25) is 0 Å². The van der Waals surface area contributed by atoms with Crippen molar-refractivity contribution in [2.75, 3.05) is 19.6 Å². The quantitative estimate of drug-likeness (QED) is 0.928. The lowest BCUT2D eigenvalue weighted by Gasteiger charge is -2.33. The van der Waals surface area contributed by atoms with E-state index in [0.29, 0.717) is 28.6 Å². The predicted molar refractivity (Wildman–Crippen MR) is 81.6 cm³/mol. The van der Waals surface area contributed by atoms with Crippen LogP contribution in [0.4, 0.5) is 0 Å². The van der Waals surface area contributed by atoms with Gasteiger partial charge in [0.05, 0.1) is 4.90 Å². The molecule has 0 saturated carbocycles. The molecule has 1 saturated heterocycles. The number of likely N-dealkylation sites (N-methyl/N-ethyl adjacent to an activating group) is 1. The SMILES string of the molecule is CCN(C1CCCNC1)S(=O)(=O)c1cccc(Cl)c1C. The zero-order valence-electron chi connectivity index (χ0n) is 11.9. The Bertz CT molecular complexity index is 569. The van der Waals surface area contributed by atoms with Crippen LogP contribution in [0.5, 0.6) is 0 Å². The van der Waals surface area contributed by atoms with E-state index in [0.717, 1.165) is 19.4 Å². The smallest absolute Gasteiger partial charge is 0.243 e. The van der Waals surface area contributed by atoms with Crippen LogP contribution in [0.3, 0.4) is 0 Å². The maximum absolute atomic E-state index is 12.9. The molecule has 0 radical (unpaired) electrons. The molecule has 0 aliphatic carbocycles. The molecule has 1 aliphatic heterocycles. The first-order valence-electron chi connectivity index (χ1n) is 6.96. The Labute approximate surface area is 126 Å². The van der Waals surface area contributed by atoms with Crippen molar-refractivity contribution in [3.05, 3.63) is 28.8 Å². The van der Waals surface area contributed by atoms with E-state index in [1.54, 1.807) is 29.4 Å². The molecule has 1 atom stereocenters. The summed E-state index contributed by atoms with van der Waals surface area (Å²) in [5.41, 5.74) is 0.622. The van der Waals surface area contributed by atoms with Crippen molar-refractivity contribution in [3.63, 3.8) is 0 Å². The Kier molecular flexibility index (Phi) is 5.07. The lowest BCUT2D eigenvalue weighted by Crippen LogP contribution is -2.48. The number of nitrogens with zero attached hydrogens (tertiary/aromatic N) is 1. The van der Waals surface area contributed by atoms with Crippen molar-refractivity contribution in [2.45, 2.75) is 37.6 Å². The highest BCUT2D eigenvalue weighted by atomic mass is 35.5. The fourth-order valence-corrected chi connectivity index (χ4v) is 4.84. The van der Waals surface area contributed by atoms with Crippen LogP contribution in [0.2, 0.25) is 5.02 Å². The van der Waals surface area contributed by atoms with E-state index >= 15 is 0 Å². The number of hydrogen-bond acceptors (Lipinski definition) is 3. The molecule has 1 aromatic rings. The summed E-state index contributed by atoms with van der Waals surface area (Å²) in [6.07, 6.45) is 1.91. The summed E-state index contributed by atoms with van der Waals surface area (Å²) in [6.45, 7) is 5.78. The van der Waals surface area contributed by atoms with Crippen LogP contribution in [0.15, 0.2) is 23.1 Å². The molecule has 0 amide bonds. The molecule has 20 heavy (non-hydrogen) atoms. The summed E-state index contributed by atoms with van der Waals surface area (Å²) in [5.74, 6) is 0. The first-order valence-corrected chi connectivity index (χ1v) is 8.78. The van der Waals surface area contributed by atoms with Crippen LogP contribution in [-0.2, 0) is 10.0 Å². The normalized spacial score (nSPS) is 20.3. The largest absolute Gasteiger partial charge is 0.315 e. The second-order valence-corrected chi connectivity index (χ2v) is 7.34. The van der Waals surface area contributed by atoms with Crippen LogP contribution in [0.25, 0.3) is 0 Å². The van der Waals surface area contributed by atoms with E-state index in [4.69, 9.17) is 11.6 Å². The van der Waals surface area contributed by atoms with Gasteiger partial charge in [-0.05, 0) is 44.0 Å². The Morgan fingerprint density at radius 1 is 1.45 bits per heavy atom. The summed E-state index contributed by atoms with van der Waals surface area (Å²) >= 11 is 6.06. The Hall–Kier alpha value is -0.620. The van der Waals surface area contributed by atoms with Gasteiger partial charge in [0.25, 0.3) is 0 Å². The molecule has 1 aliphatic rings. The van der Waals surface area contributed by atoms with Gasteiger partial charge >= 0.3 is 0 Å². The Morgan fingerprint density at radius 2 is 2.20 bits per heavy atom. The molecular formula is C14H21ClN2O2S. The molecule has 1 N–H and O–H groups in total. The standard InChI is InChI=1S/C14H21ClN2O2S/c1-3-17(12-6-5-9-16-10-12)20(18,19)14-8-4-7-13(15)11(14)2/h4,7-8,12,16H,3,5-6,9-10H2,1-2H3. The number of nitrogens with one attached hydrogen (secondary N) is 1. The number of hydrogen-bond donors (Lipinski definition) is 1. The highest BCUT2D eigenvalue weighted by Crippen LogP contribution is 2.27. The van der Waals surface area contributed by atoms with E-state index in [-0.39, 0.29) is 6.04 Å². The van der Waals surface area contributed by atoms with Gasteiger partial charge in [-0.1, -0.05) is 24.6 Å². The summed E-state index contributed by atoms with van der Waals surface area (Å²) in [6, 6.07) is 5.07. The van der Waals surface area contributed by atoms with Crippen molar-refractivity contribution < 1.29 is 8.42 Å². The Balaban J connectivity index is 2.38. The third-order valence-corrected chi connectivity index (χ3v) is 6.38. The number of piperidine rings is 1. The number of halogens is 1. The molecule has 1 heterocycles. The number of benzene rings is 1. The van der Waals surface area contributed by atoms with E-state index in [1.807, 2.05) is 6.92 Å². The summed E-state index contributed by atoms with van der Waals surface area (Å²) in [7, 11) is -3.50. The lowest BCUT2D eigenvalue weighted by atomic mass is 10.1. The maximum atomic E-state index is 12.9. The maximum Gasteiger partial charge on any atom is 0.243 e. The predicted octanol–water partition coefficient (Wildman–Crippen LogP) is 2.41. The topological polar surface area (TPSA) is 49.4 Å². The van der Waals surface area contributed by atoms with E-state index in [2.05, 4.69) is 5.32 Å². The number of rotatable bonds is 4. The minimum Gasteiger partial charge on any atom is -0.315 e. The fraction of sp³-hybridized carbons (Fsp3) is 0.571. The van der Waals surface area contributed by atoms with Gasteiger partial charge in [-0.2, -0.15) is 4.31 Å². The van der Waals surface area contributed by atoms with Gasteiger partial charge in [-0.25, -0.2) is 8.42 Å². The first-order chi connectivity index (χ1) is 9.48. The molecule has 1 fully saturated rings. The van der Waals surface area contributed by atoms with Crippen LogP contribution >= 0.6 is 11.6 Å². The molecule has 0 spiro atoms. The monoisotopic (exact) mass is 316 g/mol. The highest BCUT2D eigenvalue weighted by Gasteiger charge is 2.32. The second-order valence-electron chi connectivity index (χ2n) is 5.07. The molecule has 2 rings (SSSR count). The summed E-state index contributed by atoms with van der Waals surface area (Å²) in [5, 5.41) is 3.76. The van der Waals surface area contributed by atoms with Crippen LogP contribution in [-0.4, -0.2) is 38.4 Å². The van der Waals surface area contributed by atoms with Gasteiger partial charge in [0.2, 0.25) is 10.0 Å². The molecule has 112 valence electrons. The van der Waals surface area contributed by atoms with E-state index < -0.39 is 10.0 Å². The van der Waals surface area contributed by atoms with E-state index in [1.165, 1.54) is 0 Å². The minimum absolute atomic E-state index is 0.0251.